The van der Waals surface area contributed by atoms with Crippen LogP contribution in [0.4, 0.5) is 0 Å². The van der Waals surface area contributed by atoms with E-state index >= 15 is 0 Å². The standard InChI is InChI=1S/C20H19ClSSi/c1-3-12-23(20-11-10-19(21)22-20)17-7-5-4-6-15(17)16-9-8-14(2)13-18(16)23/h4-11,13H,3,12H2,1-2H3. The molecule has 0 saturated carbocycles. The van der Waals surface area contributed by atoms with Crippen LogP contribution in [0.25, 0.3) is 11.1 Å². The van der Waals surface area contributed by atoms with Gasteiger partial charge in [-0.3, -0.25) is 0 Å². The highest BCUT2D eigenvalue weighted by molar-refractivity contribution is 7.35. The van der Waals surface area contributed by atoms with Crippen molar-refractivity contribution in [3.05, 3.63) is 64.5 Å². The molecule has 23 heavy (non-hydrogen) atoms. The van der Waals surface area contributed by atoms with Crippen LogP contribution in [0.2, 0.25) is 10.4 Å². The second kappa shape index (κ2) is 5.62. The molecule has 0 spiro atoms. The van der Waals surface area contributed by atoms with Crippen LogP contribution in [0.3, 0.4) is 0 Å². The monoisotopic (exact) mass is 354 g/mol. The molecule has 1 aliphatic rings. The molecule has 1 aliphatic heterocycles. The summed E-state index contributed by atoms with van der Waals surface area (Å²) in [5, 5.41) is 3.15. The minimum atomic E-state index is -1.93. The second-order valence-electron chi connectivity index (χ2n) is 6.35. The minimum absolute atomic E-state index is 0.904. The summed E-state index contributed by atoms with van der Waals surface area (Å²) in [6.45, 7) is 4.51. The van der Waals surface area contributed by atoms with Gasteiger partial charge in [-0.25, -0.2) is 0 Å². The van der Waals surface area contributed by atoms with Crippen molar-refractivity contribution >= 4 is 45.9 Å². The van der Waals surface area contributed by atoms with E-state index < -0.39 is 8.07 Å². The molecular weight excluding hydrogens is 336 g/mol. The molecule has 116 valence electrons. The van der Waals surface area contributed by atoms with Crippen LogP contribution < -0.4 is 14.9 Å². The lowest BCUT2D eigenvalue weighted by molar-refractivity contribution is 1.06. The number of fused-ring (bicyclic) bond motifs is 3. The maximum absolute atomic E-state index is 6.33. The largest absolute Gasteiger partial charge is 0.161 e. The first-order chi connectivity index (χ1) is 11.2. The summed E-state index contributed by atoms with van der Waals surface area (Å²) >= 11 is 8.11. The Hall–Kier alpha value is -1.35. The Labute approximate surface area is 147 Å². The van der Waals surface area contributed by atoms with Crippen molar-refractivity contribution in [1.29, 1.82) is 0 Å². The van der Waals surface area contributed by atoms with E-state index in [9.17, 15) is 0 Å². The molecule has 0 amide bonds. The molecule has 2 aromatic carbocycles. The first-order valence-electron chi connectivity index (χ1n) is 8.13. The minimum Gasteiger partial charge on any atom is -0.132 e. The molecule has 0 saturated heterocycles. The Morgan fingerprint density at radius 1 is 0.957 bits per heavy atom. The zero-order chi connectivity index (χ0) is 16.0. The molecule has 1 atom stereocenters. The van der Waals surface area contributed by atoms with Crippen molar-refractivity contribution in [3.8, 4) is 11.1 Å². The van der Waals surface area contributed by atoms with Crippen LogP contribution in [-0.4, -0.2) is 8.07 Å². The molecule has 2 heterocycles. The van der Waals surface area contributed by atoms with Gasteiger partial charge in [-0.2, -0.15) is 0 Å². The molecule has 0 fully saturated rings. The van der Waals surface area contributed by atoms with Gasteiger partial charge in [-0.15, -0.1) is 11.3 Å². The third kappa shape index (κ3) is 2.16. The summed E-state index contributed by atoms with van der Waals surface area (Å²) in [5.74, 6) is 0. The Kier molecular flexibility index (Phi) is 3.71. The number of aryl methyl sites for hydroxylation is 1. The molecule has 4 rings (SSSR count). The van der Waals surface area contributed by atoms with Crippen LogP contribution in [0.5, 0.6) is 0 Å². The van der Waals surface area contributed by atoms with Gasteiger partial charge in [0.2, 0.25) is 0 Å². The second-order valence-corrected chi connectivity index (χ2v) is 12.4. The summed E-state index contributed by atoms with van der Waals surface area (Å²) in [6.07, 6.45) is 1.20. The molecule has 3 aromatic rings. The lowest BCUT2D eigenvalue weighted by Crippen LogP contribution is -2.63. The van der Waals surface area contributed by atoms with Gasteiger partial charge in [-0.1, -0.05) is 79.0 Å². The van der Waals surface area contributed by atoms with E-state index in [2.05, 4.69) is 68.4 Å². The van der Waals surface area contributed by atoms with Crippen LogP contribution in [-0.2, 0) is 0 Å². The molecule has 0 nitrogen and oxygen atoms in total. The van der Waals surface area contributed by atoms with Crippen molar-refractivity contribution in [2.45, 2.75) is 26.3 Å². The van der Waals surface area contributed by atoms with E-state index in [1.807, 2.05) is 0 Å². The SMILES string of the molecule is CCC[Si]1(c2ccc(Cl)s2)c2ccccc2-c2ccc(C)cc21. The molecule has 0 N–H and O–H groups in total. The first kappa shape index (κ1) is 15.2. The Bertz CT molecular complexity index is 883. The van der Waals surface area contributed by atoms with Crippen LogP contribution in [0.15, 0.2) is 54.6 Å². The van der Waals surface area contributed by atoms with E-state index in [0.29, 0.717) is 0 Å². The predicted molar refractivity (Wildman–Crippen MR) is 106 cm³/mol. The fourth-order valence-corrected chi connectivity index (χ4v) is 12.0. The average Bonchev–Trinajstić information content (AvgIpc) is 3.09. The summed E-state index contributed by atoms with van der Waals surface area (Å²) in [7, 11) is -1.93. The fraction of sp³-hybridized carbons (Fsp3) is 0.200. The maximum Gasteiger partial charge on any atom is 0.161 e. The Morgan fingerprint density at radius 3 is 2.48 bits per heavy atom. The summed E-state index contributed by atoms with van der Waals surface area (Å²) < 4.78 is 2.41. The molecular formula is C20H19ClSSi. The maximum atomic E-state index is 6.33. The Balaban J connectivity index is 2.11. The fourth-order valence-electron chi connectivity index (χ4n) is 4.06. The highest BCUT2D eigenvalue weighted by Crippen LogP contribution is 2.33. The topological polar surface area (TPSA) is 0 Å². The summed E-state index contributed by atoms with van der Waals surface area (Å²) in [6, 6.07) is 21.6. The molecule has 0 bridgehead atoms. The van der Waals surface area contributed by atoms with Gasteiger partial charge in [0.05, 0.1) is 4.34 Å². The van der Waals surface area contributed by atoms with Gasteiger partial charge in [-0.05, 0) is 40.5 Å². The van der Waals surface area contributed by atoms with Crippen molar-refractivity contribution in [2.75, 3.05) is 0 Å². The van der Waals surface area contributed by atoms with E-state index in [4.69, 9.17) is 11.6 Å². The summed E-state index contributed by atoms with van der Waals surface area (Å²) in [4.78, 5) is 0. The number of rotatable bonds is 3. The number of hydrogen-bond donors (Lipinski definition) is 0. The molecule has 1 aromatic heterocycles. The lowest BCUT2D eigenvalue weighted by atomic mass is 10.0. The highest BCUT2D eigenvalue weighted by atomic mass is 35.5. The van der Waals surface area contributed by atoms with E-state index in [-0.39, 0.29) is 0 Å². The normalized spacial score (nSPS) is 18.7. The Morgan fingerprint density at radius 2 is 1.74 bits per heavy atom. The van der Waals surface area contributed by atoms with Gasteiger partial charge in [0, 0.05) is 4.50 Å². The van der Waals surface area contributed by atoms with Crippen molar-refractivity contribution in [2.24, 2.45) is 0 Å². The highest BCUT2D eigenvalue weighted by Gasteiger charge is 2.47. The van der Waals surface area contributed by atoms with Crippen LogP contribution in [0, 0.1) is 6.92 Å². The van der Waals surface area contributed by atoms with Crippen molar-refractivity contribution in [3.63, 3.8) is 0 Å². The molecule has 3 heteroatoms. The zero-order valence-electron chi connectivity index (χ0n) is 13.4. The third-order valence-electron chi connectivity index (χ3n) is 4.93. The van der Waals surface area contributed by atoms with Crippen molar-refractivity contribution < 1.29 is 0 Å². The zero-order valence-corrected chi connectivity index (χ0v) is 16.0. The van der Waals surface area contributed by atoms with Gasteiger partial charge in [0.25, 0.3) is 0 Å². The summed E-state index contributed by atoms with van der Waals surface area (Å²) in [5.41, 5.74) is 4.23. The molecule has 0 radical (unpaired) electrons. The molecule has 0 aliphatic carbocycles. The van der Waals surface area contributed by atoms with Crippen LogP contribution in [0.1, 0.15) is 18.9 Å². The predicted octanol–water partition coefficient (Wildman–Crippen LogP) is 4.57. The number of thiophene rings is 1. The van der Waals surface area contributed by atoms with E-state index in [1.165, 1.54) is 33.7 Å². The average molecular weight is 355 g/mol. The smallest absolute Gasteiger partial charge is 0.132 e. The number of hydrogen-bond acceptors (Lipinski definition) is 1. The van der Waals surface area contributed by atoms with Gasteiger partial charge in [0.15, 0.2) is 8.07 Å². The van der Waals surface area contributed by atoms with Crippen LogP contribution >= 0.6 is 22.9 Å². The van der Waals surface area contributed by atoms with Gasteiger partial charge < -0.3 is 0 Å². The number of benzene rings is 2. The van der Waals surface area contributed by atoms with E-state index in [1.54, 1.807) is 21.7 Å². The van der Waals surface area contributed by atoms with Crippen molar-refractivity contribution in [1.82, 2.24) is 0 Å². The molecule has 1 unspecified atom stereocenters. The number of halogens is 1. The first-order valence-corrected chi connectivity index (χ1v) is 11.5. The van der Waals surface area contributed by atoms with Gasteiger partial charge in [0.1, 0.15) is 0 Å². The van der Waals surface area contributed by atoms with E-state index in [0.717, 1.165) is 4.34 Å². The third-order valence-corrected chi connectivity index (χ3v) is 12.3. The van der Waals surface area contributed by atoms with Gasteiger partial charge >= 0.3 is 0 Å². The quantitative estimate of drug-likeness (QED) is 0.604. The lowest BCUT2D eigenvalue weighted by Gasteiger charge is -2.28.